The smallest absolute Gasteiger partial charge is 0.256 e. The van der Waals surface area contributed by atoms with Crippen LogP contribution >= 0.6 is 0 Å². The molecule has 2 aromatic rings. The highest BCUT2D eigenvalue weighted by atomic mass is 16.2. The van der Waals surface area contributed by atoms with E-state index in [1.54, 1.807) is 27.6 Å². The molecular formula is C16H23N7O2. The summed E-state index contributed by atoms with van der Waals surface area (Å²) in [5.41, 5.74) is 7.58. The Kier molecular flexibility index (Phi) is 4.67. The summed E-state index contributed by atoms with van der Waals surface area (Å²) in [5.74, 6) is -0.307. The first-order chi connectivity index (χ1) is 12.0. The van der Waals surface area contributed by atoms with Crippen LogP contribution < -0.4 is 5.73 Å². The number of nitrogens with two attached hydrogens (primary N) is 1. The van der Waals surface area contributed by atoms with Crippen molar-refractivity contribution in [2.24, 2.45) is 12.8 Å². The fourth-order valence-electron chi connectivity index (χ4n) is 3.28. The van der Waals surface area contributed by atoms with Crippen LogP contribution in [-0.4, -0.2) is 73.3 Å². The molecule has 3 rings (SSSR count). The predicted octanol–water partition coefficient (Wildman–Crippen LogP) is -0.226. The molecule has 0 radical (unpaired) electrons. The van der Waals surface area contributed by atoms with Crippen molar-refractivity contribution in [3.8, 4) is 0 Å². The Labute approximate surface area is 145 Å². The van der Waals surface area contributed by atoms with Crippen LogP contribution in [0.25, 0.3) is 11.2 Å². The maximum absolute atomic E-state index is 13.0. The minimum Gasteiger partial charge on any atom is -0.341 e. The van der Waals surface area contributed by atoms with Gasteiger partial charge in [-0.05, 0) is 26.3 Å². The van der Waals surface area contributed by atoms with Gasteiger partial charge in [-0.25, -0.2) is 9.67 Å². The Morgan fingerprint density at radius 2 is 2.08 bits per heavy atom. The Morgan fingerprint density at radius 3 is 2.76 bits per heavy atom. The van der Waals surface area contributed by atoms with Crippen molar-refractivity contribution < 1.29 is 9.59 Å². The number of aryl methyl sites for hydroxylation is 1. The topological polar surface area (TPSA) is 110 Å². The predicted molar refractivity (Wildman–Crippen MR) is 91.6 cm³/mol. The van der Waals surface area contributed by atoms with Crippen LogP contribution in [-0.2, 0) is 11.8 Å². The van der Waals surface area contributed by atoms with Crippen molar-refractivity contribution in [2.45, 2.75) is 32.4 Å². The molecule has 0 spiro atoms. The molecular weight excluding hydrogens is 322 g/mol. The van der Waals surface area contributed by atoms with E-state index in [9.17, 15) is 9.59 Å². The molecule has 0 aromatic carbocycles. The Hall–Kier alpha value is -2.55. The lowest BCUT2D eigenvalue weighted by Gasteiger charge is -2.28. The van der Waals surface area contributed by atoms with E-state index in [0.29, 0.717) is 42.8 Å². The summed E-state index contributed by atoms with van der Waals surface area (Å²) < 4.78 is 1.54. The van der Waals surface area contributed by atoms with Gasteiger partial charge in [0.1, 0.15) is 11.6 Å². The number of aromatic nitrogens is 4. The molecule has 0 aliphatic carbocycles. The molecule has 25 heavy (non-hydrogen) atoms. The molecule has 1 aliphatic heterocycles. The van der Waals surface area contributed by atoms with E-state index in [1.807, 2.05) is 13.8 Å². The zero-order valence-corrected chi connectivity index (χ0v) is 14.7. The zero-order chi connectivity index (χ0) is 18.1. The highest BCUT2D eigenvalue weighted by Gasteiger charge is 2.40. The second-order valence-electron chi connectivity index (χ2n) is 6.26. The maximum Gasteiger partial charge on any atom is 0.256 e. The normalized spacial score (nSPS) is 20.2. The molecule has 1 saturated heterocycles. The first-order valence-corrected chi connectivity index (χ1v) is 8.47. The number of hydrogen-bond donors (Lipinski definition) is 1. The third-order valence-electron chi connectivity index (χ3n) is 4.64. The summed E-state index contributed by atoms with van der Waals surface area (Å²) >= 11 is 0. The van der Waals surface area contributed by atoms with Crippen molar-refractivity contribution in [3.05, 3.63) is 17.8 Å². The van der Waals surface area contributed by atoms with E-state index < -0.39 is 6.04 Å². The number of likely N-dealkylation sites (N-methyl/N-ethyl adjacent to an activating group) is 1. The van der Waals surface area contributed by atoms with E-state index in [1.165, 1.54) is 6.20 Å². The number of hydrogen-bond acceptors (Lipinski definition) is 6. The third kappa shape index (κ3) is 3.07. The summed E-state index contributed by atoms with van der Waals surface area (Å²) in [4.78, 5) is 33.3. The van der Waals surface area contributed by atoms with Gasteiger partial charge in [0.25, 0.3) is 5.91 Å². The van der Waals surface area contributed by atoms with Gasteiger partial charge in [0.05, 0.1) is 5.56 Å². The molecule has 0 unspecified atom stereocenters. The highest BCUT2D eigenvalue weighted by molar-refractivity contribution is 5.99. The third-order valence-corrected chi connectivity index (χ3v) is 4.64. The van der Waals surface area contributed by atoms with Gasteiger partial charge in [-0.2, -0.15) is 0 Å². The average Bonchev–Trinajstić information content (AvgIpc) is 3.18. The number of amides is 2. The molecule has 1 fully saturated rings. The van der Waals surface area contributed by atoms with Crippen molar-refractivity contribution in [3.63, 3.8) is 0 Å². The van der Waals surface area contributed by atoms with E-state index in [0.717, 1.165) is 0 Å². The van der Waals surface area contributed by atoms with Gasteiger partial charge in [0.15, 0.2) is 5.65 Å². The van der Waals surface area contributed by atoms with E-state index in [-0.39, 0.29) is 17.9 Å². The minimum atomic E-state index is -0.528. The summed E-state index contributed by atoms with van der Waals surface area (Å²) in [6.07, 6.45) is 1.97. The van der Waals surface area contributed by atoms with E-state index >= 15 is 0 Å². The number of fused-ring (bicyclic) bond motifs is 1. The lowest BCUT2D eigenvalue weighted by Crippen LogP contribution is -2.47. The summed E-state index contributed by atoms with van der Waals surface area (Å²) in [7, 11) is 1.74. The second kappa shape index (κ2) is 6.75. The standard InChI is InChI=1S/C16H23N7O2/c1-4-22(5-2)16(25)13-7-11(17)9-23(13)15(24)10-6-12-14(18-8-10)21(3)20-19-12/h6,8,11,13H,4-5,7,9,17H2,1-3H3/t11-,13-/m0/s1. The summed E-state index contributed by atoms with van der Waals surface area (Å²) in [6, 6.07) is 0.919. The van der Waals surface area contributed by atoms with Gasteiger partial charge in [0.2, 0.25) is 5.91 Å². The highest BCUT2D eigenvalue weighted by Crippen LogP contribution is 2.22. The first kappa shape index (κ1) is 17.3. The van der Waals surface area contributed by atoms with Gasteiger partial charge >= 0.3 is 0 Å². The first-order valence-electron chi connectivity index (χ1n) is 8.47. The second-order valence-corrected chi connectivity index (χ2v) is 6.26. The molecule has 3 heterocycles. The van der Waals surface area contributed by atoms with Crippen LogP contribution in [0.4, 0.5) is 0 Å². The van der Waals surface area contributed by atoms with Crippen molar-refractivity contribution in [1.29, 1.82) is 0 Å². The lowest BCUT2D eigenvalue weighted by molar-refractivity contribution is -0.134. The quantitative estimate of drug-likeness (QED) is 0.820. The van der Waals surface area contributed by atoms with Gasteiger partial charge in [-0.3, -0.25) is 9.59 Å². The van der Waals surface area contributed by atoms with Crippen molar-refractivity contribution >= 4 is 23.0 Å². The van der Waals surface area contributed by atoms with Crippen LogP contribution in [0, 0.1) is 0 Å². The maximum atomic E-state index is 13.0. The molecule has 9 heteroatoms. The van der Waals surface area contributed by atoms with E-state index in [4.69, 9.17) is 5.73 Å². The summed E-state index contributed by atoms with van der Waals surface area (Å²) in [5, 5.41) is 7.88. The van der Waals surface area contributed by atoms with Crippen LogP contribution in [0.1, 0.15) is 30.6 Å². The molecule has 134 valence electrons. The zero-order valence-electron chi connectivity index (χ0n) is 14.7. The van der Waals surface area contributed by atoms with Gasteiger partial charge in [-0.15, -0.1) is 5.10 Å². The lowest BCUT2D eigenvalue weighted by atomic mass is 10.1. The molecule has 0 saturated carbocycles. The van der Waals surface area contributed by atoms with Crippen LogP contribution in [0.5, 0.6) is 0 Å². The largest absolute Gasteiger partial charge is 0.341 e. The van der Waals surface area contributed by atoms with Gasteiger partial charge in [0, 0.05) is 38.9 Å². The monoisotopic (exact) mass is 345 g/mol. The molecule has 9 nitrogen and oxygen atoms in total. The van der Waals surface area contributed by atoms with Crippen LogP contribution in [0.3, 0.4) is 0 Å². The average molecular weight is 345 g/mol. The number of nitrogens with zero attached hydrogens (tertiary/aromatic N) is 6. The number of carbonyl (C=O) groups is 2. The number of rotatable bonds is 4. The van der Waals surface area contributed by atoms with Gasteiger partial charge in [-0.1, -0.05) is 5.21 Å². The van der Waals surface area contributed by atoms with Crippen molar-refractivity contribution in [2.75, 3.05) is 19.6 Å². The molecule has 0 bridgehead atoms. The number of likely N-dealkylation sites (tertiary alicyclic amines) is 1. The summed E-state index contributed by atoms with van der Waals surface area (Å²) in [6.45, 7) is 5.42. The Bertz CT molecular complexity index is 799. The fourth-order valence-corrected chi connectivity index (χ4v) is 3.28. The Balaban J connectivity index is 1.88. The molecule has 2 N–H and O–H groups in total. The SMILES string of the molecule is CCN(CC)C(=O)[C@@H]1C[C@H](N)CN1C(=O)c1cnc2c(c1)nnn2C. The van der Waals surface area contributed by atoms with Crippen LogP contribution in [0.2, 0.25) is 0 Å². The van der Waals surface area contributed by atoms with E-state index in [2.05, 4.69) is 15.3 Å². The Morgan fingerprint density at radius 1 is 1.36 bits per heavy atom. The number of pyridine rings is 1. The fraction of sp³-hybridized carbons (Fsp3) is 0.562. The minimum absolute atomic E-state index is 0.0557. The van der Waals surface area contributed by atoms with Gasteiger partial charge < -0.3 is 15.5 Å². The molecule has 1 aliphatic rings. The molecule has 2 amide bonds. The molecule has 2 atom stereocenters. The number of carbonyl (C=O) groups excluding carboxylic acids is 2. The van der Waals surface area contributed by atoms with Crippen molar-refractivity contribution in [1.82, 2.24) is 29.8 Å². The molecule has 2 aromatic heterocycles. The van der Waals surface area contributed by atoms with Crippen LogP contribution in [0.15, 0.2) is 12.3 Å².